The van der Waals surface area contributed by atoms with E-state index in [0.717, 1.165) is 56.3 Å². The minimum Gasteiger partial charge on any atom is -0.493 e. The highest BCUT2D eigenvalue weighted by atomic mass is 32.1. The molecule has 7 heteroatoms. The fourth-order valence-corrected chi connectivity index (χ4v) is 4.50. The summed E-state index contributed by atoms with van der Waals surface area (Å²) in [4.78, 5) is 10.4. The van der Waals surface area contributed by atoms with Gasteiger partial charge in [-0.3, -0.25) is 4.99 Å². The Morgan fingerprint density at radius 1 is 1.33 bits per heavy atom. The van der Waals surface area contributed by atoms with E-state index in [0.29, 0.717) is 19.1 Å². The fraction of sp³-hybridized carbons (Fsp3) is 0.565. The topological polar surface area (TPSA) is 67.8 Å². The van der Waals surface area contributed by atoms with Crippen molar-refractivity contribution in [1.29, 1.82) is 0 Å². The summed E-state index contributed by atoms with van der Waals surface area (Å²) in [5.41, 5.74) is 3.54. The van der Waals surface area contributed by atoms with Gasteiger partial charge in [0.1, 0.15) is 5.75 Å². The van der Waals surface area contributed by atoms with E-state index in [4.69, 9.17) is 14.5 Å². The SMILES string of the molecule is CCc1nc(CCNC(=NC)NCc2ccc(C)cc2OCC2CCOC2)sc1C. The van der Waals surface area contributed by atoms with Crippen LogP contribution in [0, 0.1) is 19.8 Å². The minimum atomic E-state index is 0.489. The van der Waals surface area contributed by atoms with E-state index in [1.807, 2.05) is 0 Å². The summed E-state index contributed by atoms with van der Waals surface area (Å²) in [6.45, 7) is 10.2. The number of nitrogens with one attached hydrogen (secondary N) is 2. The average Bonchev–Trinajstić information content (AvgIpc) is 3.39. The van der Waals surface area contributed by atoms with Crippen molar-refractivity contribution in [3.8, 4) is 5.75 Å². The predicted molar refractivity (Wildman–Crippen MR) is 124 cm³/mol. The number of nitrogens with zero attached hydrogens (tertiary/aromatic N) is 2. The summed E-state index contributed by atoms with van der Waals surface area (Å²) < 4.78 is 11.6. The van der Waals surface area contributed by atoms with Crippen LogP contribution in [0.3, 0.4) is 0 Å². The van der Waals surface area contributed by atoms with Crippen molar-refractivity contribution >= 4 is 17.3 Å². The van der Waals surface area contributed by atoms with Crippen LogP contribution in [0.25, 0.3) is 0 Å². The van der Waals surface area contributed by atoms with Gasteiger partial charge in [-0.25, -0.2) is 4.98 Å². The number of aryl methyl sites for hydroxylation is 3. The van der Waals surface area contributed by atoms with Crippen LogP contribution in [-0.2, 0) is 24.1 Å². The number of thiazole rings is 1. The third-order valence-electron chi connectivity index (χ3n) is 5.29. The lowest BCUT2D eigenvalue weighted by molar-refractivity contribution is 0.166. The summed E-state index contributed by atoms with van der Waals surface area (Å²) in [5, 5.41) is 7.97. The first kappa shape index (κ1) is 22.6. The molecule has 0 spiro atoms. The van der Waals surface area contributed by atoms with Gasteiger partial charge in [-0.2, -0.15) is 0 Å². The fourth-order valence-electron chi connectivity index (χ4n) is 3.47. The lowest BCUT2D eigenvalue weighted by Crippen LogP contribution is -2.38. The quantitative estimate of drug-likeness (QED) is 0.470. The molecule has 1 atom stereocenters. The van der Waals surface area contributed by atoms with E-state index in [9.17, 15) is 0 Å². The normalized spacial score (nSPS) is 16.7. The molecule has 1 aliphatic heterocycles. The first-order valence-corrected chi connectivity index (χ1v) is 11.6. The van der Waals surface area contributed by atoms with Crippen molar-refractivity contribution < 1.29 is 9.47 Å². The van der Waals surface area contributed by atoms with Gasteiger partial charge < -0.3 is 20.1 Å². The molecule has 2 heterocycles. The van der Waals surface area contributed by atoms with Crippen LogP contribution in [0.15, 0.2) is 23.2 Å². The van der Waals surface area contributed by atoms with Crippen LogP contribution in [0.5, 0.6) is 5.75 Å². The Bertz CT molecular complexity index is 844. The molecule has 1 unspecified atom stereocenters. The number of ether oxygens (including phenoxy) is 2. The van der Waals surface area contributed by atoms with Gasteiger partial charge in [0, 0.05) is 49.5 Å². The molecule has 0 radical (unpaired) electrons. The van der Waals surface area contributed by atoms with Gasteiger partial charge in [-0.05, 0) is 38.3 Å². The van der Waals surface area contributed by atoms with Crippen molar-refractivity contribution in [2.45, 2.75) is 46.6 Å². The summed E-state index contributed by atoms with van der Waals surface area (Å²) in [5.74, 6) is 2.22. The Morgan fingerprint density at radius 3 is 2.90 bits per heavy atom. The molecule has 1 aliphatic rings. The van der Waals surface area contributed by atoms with E-state index in [2.05, 4.69) is 54.6 Å². The molecule has 1 fully saturated rings. The molecule has 2 aromatic rings. The molecule has 6 nitrogen and oxygen atoms in total. The third-order valence-corrected chi connectivity index (χ3v) is 6.37. The van der Waals surface area contributed by atoms with Crippen LogP contribution in [-0.4, -0.2) is 44.4 Å². The number of aliphatic imine (C=N–C) groups is 1. The Balaban J connectivity index is 1.49. The molecule has 0 amide bonds. The predicted octanol–water partition coefficient (Wildman–Crippen LogP) is 3.65. The van der Waals surface area contributed by atoms with E-state index in [1.165, 1.54) is 21.1 Å². The standard InChI is InChI=1S/C23H34N4O2S/c1-5-20-17(3)30-22(27-20)8-10-25-23(24-4)26-13-19-7-6-16(2)12-21(19)29-15-18-9-11-28-14-18/h6-7,12,18H,5,8-11,13-15H2,1-4H3,(H2,24,25,26). The second-order valence-electron chi connectivity index (χ2n) is 7.72. The van der Waals surface area contributed by atoms with E-state index in [1.54, 1.807) is 18.4 Å². The zero-order valence-electron chi connectivity index (χ0n) is 18.6. The van der Waals surface area contributed by atoms with Crippen molar-refractivity contribution in [3.05, 3.63) is 44.9 Å². The van der Waals surface area contributed by atoms with Crippen LogP contribution in [0.1, 0.15) is 40.1 Å². The van der Waals surface area contributed by atoms with Crippen LogP contribution >= 0.6 is 11.3 Å². The first-order chi connectivity index (χ1) is 14.6. The number of rotatable bonds is 9. The number of aromatic nitrogens is 1. The van der Waals surface area contributed by atoms with Crippen molar-refractivity contribution in [3.63, 3.8) is 0 Å². The second-order valence-corrected chi connectivity index (χ2v) is 9.01. The van der Waals surface area contributed by atoms with E-state index in [-0.39, 0.29) is 0 Å². The summed E-state index contributed by atoms with van der Waals surface area (Å²) in [6, 6.07) is 6.36. The summed E-state index contributed by atoms with van der Waals surface area (Å²) in [6.07, 6.45) is 2.97. The number of benzene rings is 1. The second kappa shape index (κ2) is 11.3. The van der Waals surface area contributed by atoms with Crippen molar-refractivity contribution in [2.24, 2.45) is 10.9 Å². The van der Waals surface area contributed by atoms with Gasteiger partial charge in [-0.1, -0.05) is 19.1 Å². The summed E-state index contributed by atoms with van der Waals surface area (Å²) in [7, 11) is 1.80. The highest BCUT2D eigenvalue weighted by molar-refractivity contribution is 7.11. The highest BCUT2D eigenvalue weighted by Gasteiger charge is 2.17. The largest absolute Gasteiger partial charge is 0.493 e. The molecule has 2 N–H and O–H groups in total. The number of guanidine groups is 1. The Morgan fingerprint density at radius 2 is 2.20 bits per heavy atom. The molecular formula is C23H34N4O2S. The Labute approximate surface area is 184 Å². The number of hydrogen-bond donors (Lipinski definition) is 2. The van der Waals surface area contributed by atoms with Crippen LogP contribution < -0.4 is 15.4 Å². The first-order valence-electron chi connectivity index (χ1n) is 10.8. The molecule has 3 rings (SSSR count). The maximum Gasteiger partial charge on any atom is 0.191 e. The third kappa shape index (κ3) is 6.44. The van der Waals surface area contributed by atoms with Gasteiger partial charge in [0.15, 0.2) is 5.96 Å². The van der Waals surface area contributed by atoms with Gasteiger partial charge >= 0.3 is 0 Å². The molecule has 164 valence electrons. The van der Waals surface area contributed by atoms with Crippen molar-refractivity contribution in [1.82, 2.24) is 15.6 Å². The molecule has 1 aromatic heterocycles. The average molecular weight is 431 g/mol. The zero-order valence-corrected chi connectivity index (χ0v) is 19.4. The van der Waals surface area contributed by atoms with Crippen LogP contribution in [0.2, 0.25) is 0 Å². The molecule has 1 aromatic carbocycles. The maximum absolute atomic E-state index is 6.14. The Hall–Kier alpha value is -2.12. The summed E-state index contributed by atoms with van der Waals surface area (Å²) >= 11 is 1.79. The van der Waals surface area contributed by atoms with Gasteiger partial charge in [-0.15, -0.1) is 11.3 Å². The smallest absolute Gasteiger partial charge is 0.191 e. The van der Waals surface area contributed by atoms with Gasteiger partial charge in [0.25, 0.3) is 0 Å². The van der Waals surface area contributed by atoms with Crippen molar-refractivity contribution in [2.75, 3.05) is 33.4 Å². The monoisotopic (exact) mass is 430 g/mol. The van der Waals surface area contributed by atoms with Gasteiger partial charge in [0.2, 0.25) is 0 Å². The van der Waals surface area contributed by atoms with Crippen LogP contribution in [0.4, 0.5) is 0 Å². The molecule has 30 heavy (non-hydrogen) atoms. The lowest BCUT2D eigenvalue weighted by Gasteiger charge is -2.17. The van der Waals surface area contributed by atoms with E-state index < -0.39 is 0 Å². The van der Waals surface area contributed by atoms with Gasteiger partial charge in [0.05, 0.1) is 23.9 Å². The molecule has 0 aliphatic carbocycles. The number of hydrogen-bond acceptors (Lipinski definition) is 5. The molecule has 0 bridgehead atoms. The lowest BCUT2D eigenvalue weighted by atomic mass is 10.1. The molecule has 1 saturated heterocycles. The molecular weight excluding hydrogens is 396 g/mol. The minimum absolute atomic E-state index is 0.489. The zero-order chi connectivity index (χ0) is 21.3. The maximum atomic E-state index is 6.14. The Kier molecular flexibility index (Phi) is 8.51. The van der Waals surface area contributed by atoms with E-state index >= 15 is 0 Å². The molecule has 0 saturated carbocycles. The highest BCUT2D eigenvalue weighted by Crippen LogP contribution is 2.23.